The van der Waals surface area contributed by atoms with Crippen LogP contribution in [0.2, 0.25) is 10.0 Å². The van der Waals surface area contributed by atoms with E-state index < -0.39 is 11.9 Å². The van der Waals surface area contributed by atoms with Crippen LogP contribution in [0.25, 0.3) is 6.08 Å². The Labute approximate surface area is 166 Å². The van der Waals surface area contributed by atoms with Gasteiger partial charge >= 0.3 is 5.97 Å². The minimum atomic E-state index is -0.468. The highest BCUT2D eigenvalue weighted by Gasteiger charge is 2.12. The van der Waals surface area contributed by atoms with Gasteiger partial charge in [0, 0.05) is 6.08 Å². The third-order valence-electron chi connectivity index (χ3n) is 3.39. The maximum absolute atomic E-state index is 12.1. The molecule has 6 nitrogen and oxygen atoms in total. The van der Waals surface area contributed by atoms with E-state index in [-0.39, 0.29) is 6.61 Å². The van der Waals surface area contributed by atoms with Crippen LogP contribution in [0.1, 0.15) is 5.56 Å². The molecule has 27 heavy (non-hydrogen) atoms. The van der Waals surface area contributed by atoms with Gasteiger partial charge in [0.05, 0.1) is 30.0 Å². The van der Waals surface area contributed by atoms with E-state index in [4.69, 9.17) is 32.7 Å². The van der Waals surface area contributed by atoms with E-state index in [9.17, 15) is 9.59 Å². The van der Waals surface area contributed by atoms with Crippen molar-refractivity contribution < 1.29 is 23.8 Å². The Morgan fingerprint density at radius 2 is 1.78 bits per heavy atom. The molecule has 0 fully saturated rings. The van der Waals surface area contributed by atoms with Crippen LogP contribution in [0.15, 0.2) is 42.5 Å². The number of esters is 1. The number of methoxy groups -OCH3 is 2. The van der Waals surface area contributed by atoms with Crippen LogP contribution < -0.4 is 14.8 Å². The summed E-state index contributed by atoms with van der Waals surface area (Å²) in [5.74, 6) is -0.121. The first kappa shape index (κ1) is 20.6. The number of carbonyl (C=O) groups is 2. The molecular weight excluding hydrogens is 393 g/mol. The van der Waals surface area contributed by atoms with Gasteiger partial charge < -0.3 is 19.5 Å². The second-order valence-electron chi connectivity index (χ2n) is 5.20. The van der Waals surface area contributed by atoms with Crippen molar-refractivity contribution in [1.82, 2.24) is 0 Å². The number of hydrogen-bond acceptors (Lipinski definition) is 5. The number of benzene rings is 2. The zero-order valence-corrected chi connectivity index (χ0v) is 16.1. The van der Waals surface area contributed by atoms with Crippen LogP contribution >= 0.6 is 23.2 Å². The highest BCUT2D eigenvalue weighted by molar-refractivity contribution is 6.39. The predicted octanol–water partition coefficient (Wildman–Crippen LogP) is 4.21. The van der Waals surface area contributed by atoms with Gasteiger partial charge in [-0.25, -0.2) is 4.79 Å². The smallest absolute Gasteiger partial charge is 0.330 e. The van der Waals surface area contributed by atoms with Crippen molar-refractivity contribution in [3.63, 3.8) is 0 Å². The van der Waals surface area contributed by atoms with Crippen molar-refractivity contribution >= 4 is 46.8 Å². The van der Waals surface area contributed by atoms with E-state index in [0.717, 1.165) is 0 Å². The van der Waals surface area contributed by atoms with Gasteiger partial charge in [0.2, 0.25) is 0 Å². The molecule has 0 heterocycles. The summed E-state index contributed by atoms with van der Waals surface area (Å²) in [5.41, 5.74) is 1.03. The largest absolute Gasteiger partial charge is 0.493 e. The number of rotatable bonds is 7. The number of amides is 1. The SMILES string of the molecule is COC(=O)/C=C/c1ccc(OCC(=O)Nc2c(Cl)cccc2Cl)c(OC)c1. The fraction of sp³-hybridized carbons (Fsp3) is 0.158. The van der Waals surface area contributed by atoms with E-state index in [1.54, 1.807) is 42.5 Å². The van der Waals surface area contributed by atoms with E-state index in [1.807, 2.05) is 0 Å². The second-order valence-corrected chi connectivity index (χ2v) is 6.01. The lowest BCUT2D eigenvalue weighted by Gasteiger charge is -2.12. The average molecular weight is 410 g/mol. The zero-order valence-electron chi connectivity index (χ0n) is 14.6. The van der Waals surface area contributed by atoms with Gasteiger partial charge in [0.1, 0.15) is 0 Å². The molecule has 2 aromatic carbocycles. The molecule has 0 atom stereocenters. The van der Waals surface area contributed by atoms with E-state index >= 15 is 0 Å². The van der Waals surface area contributed by atoms with Crippen molar-refractivity contribution in [2.45, 2.75) is 0 Å². The fourth-order valence-corrected chi connectivity index (χ4v) is 2.57. The van der Waals surface area contributed by atoms with Gasteiger partial charge in [-0.1, -0.05) is 35.3 Å². The number of anilines is 1. The molecule has 0 bridgehead atoms. The highest BCUT2D eigenvalue weighted by Crippen LogP contribution is 2.31. The number of carbonyl (C=O) groups excluding carboxylic acids is 2. The molecule has 0 aliphatic rings. The summed E-state index contributed by atoms with van der Waals surface area (Å²) in [4.78, 5) is 23.3. The number of hydrogen-bond donors (Lipinski definition) is 1. The number of para-hydroxylation sites is 1. The topological polar surface area (TPSA) is 73.9 Å². The molecule has 0 saturated heterocycles. The Hall–Kier alpha value is -2.70. The first-order valence-electron chi connectivity index (χ1n) is 7.75. The molecule has 0 saturated carbocycles. The van der Waals surface area contributed by atoms with Crippen molar-refractivity contribution in [2.75, 3.05) is 26.1 Å². The molecule has 0 aromatic heterocycles. The van der Waals surface area contributed by atoms with Crippen LogP contribution in [-0.2, 0) is 14.3 Å². The number of nitrogens with one attached hydrogen (secondary N) is 1. The predicted molar refractivity (Wildman–Crippen MR) is 105 cm³/mol. The van der Waals surface area contributed by atoms with Crippen LogP contribution in [0.4, 0.5) is 5.69 Å². The van der Waals surface area contributed by atoms with Crippen molar-refractivity contribution in [1.29, 1.82) is 0 Å². The minimum absolute atomic E-state index is 0.269. The van der Waals surface area contributed by atoms with Crippen LogP contribution in [0.5, 0.6) is 11.5 Å². The first-order chi connectivity index (χ1) is 12.9. The normalized spacial score (nSPS) is 10.5. The standard InChI is InChI=1S/C19H17Cl2NO5/c1-25-16-10-12(7-9-18(24)26-2)6-8-15(16)27-11-17(23)22-19-13(20)4-3-5-14(19)21/h3-10H,11H2,1-2H3,(H,22,23)/b9-7+. The molecular formula is C19H17Cl2NO5. The lowest BCUT2D eigenvalue weighted by Crippen LogP contribution is -2.20. The third-order valence-corrected chi connectivity index (χ3v) is 4.02. The van der Waals surface area contributed by atoms with Gasteiger partial charge in [0.25, 0.3) is 5.91 Å². The lowest BCUT2D eigenvalue weighted by atomic mass is 10.2. The van der Waals surface area contributed by atoms with Crippen molar-refractivity contribution in [3.8, 4) is 11.5 Å². The van der Waals surface area contributed by atoms with E-state index in [0.29, 0.717) is 32.8 Å². The van der Waals surface area contributed by atoms with Crippen molar-refractivity contribution in [3.05, 3.63) is 58.1 Å². The Balaban J connectivity index is 2.03. The maximum Gasteiger partial charge on any atom is 0.330 e. The Morgan fingerprint density at radius 3 is 2.41 bits per heavy atom. The molecule has 1 amide bonds. The highest BCUT2D eigenvalue weighted by atomic mass is 35.5. The summed E-state index contributed by atoms with van der Waals surface area (Å²) in [5, 5.41) is 3.26. The van der Waals surface area contributed by atoms with Gasteiger partial charge in [0.15, 0.2) is 18.1 Å². The minimum Gasteiger partial charge on any atom is -0.493 e. The summed E-state index contributed by atoms with van der Waals surface area (Å²) >= 11 is 12.0. The zero-order chi connectivity index (χ0) is 19.8. The molecule has 8 heteroatoms. The molecule has 2 rings (SSSR count). The lowest BCUT2D eigenvalue weighted by molar-refractivity contribution is -0.134. The third kappa shape index (κ3) is 5.91. The monoisotopic (exact) mass is 409 g/mol. The molecule has 0 aliphatic heterocycles. The molecule has 1 N–H and O–H groups in total. The van der Waals surface area contributed by atoms with Gasteiger partial charge in [-0.05, 0) is 35.9 Å². The average Bonchev–Trinajstić information content (AvgIpc) is 2.67. The molecule has 142 valence electrons. The van der Waals surface area contributed by atoms with Crippen LogP contribution in [-0.4, -0.2) is 32.7 Å². The Morgan fingerprint density at radius 1 is 1.07 bits per heavy atom. The van der Waals surface area contributed by atoms with Gasteiger partial charge in [-0.15, -0.1) is 0 Å². The summed E-state index contributed by atoms with van der Waals surface area (Å²) < 4.78 is 15.3. The van der Waals surface area contributed by atoms with Crippen LogP contribution in [0, 0.1) is 0 Å². The molecule has 0 radical (unpaired) electrons. The quantitative estimate of drug-likeness (QED) is 0.547. The summed E-state index contributed by atoms with van der Waals surface area (Å²) in [6, 6.07) is 9.92. The molecule has 0 unspecified atom stereocenters. The van der Waals surface area contributed by atoms with Crippen LogP contribution in [0.3, 0.4) is 0 Å². The van der Waals surface area contributed by atoms with E-state index in [2.05, 4.69) is 10.1 Å². The summed E-state index contributed by atoms with van der Waals surface area (Å²) in [6.45, 7) is -0.269. The Kier molecular flexibility index (Phi) is 7.52. The van der Waals surface area contributed by atoms with Gasteiger partial charge in [-0.2, -0.15) is 0 Å². The first-order valence-corrected chi connectivity index (χ1v) is 8.51. The molecule has 0 aliphatic carbocycles. The fourth-order valence-electron chi connectivity index (χ4n) is 2.08. The summed E-state index contributed by atoms with van der Waals surface area (Å²) in [6.07, 6.45) is 2.86. The van der Waals surface area contributed by atoms with E-state index in [1.165, 1.54) is 20.3 Å². The summed E-state index contributed by atoms with van der Waals surface area (Å²) in [7, 11) is 2.77. The second kappa shape index (κ2) is 9.85. The number of halogens is 2. The van der Waals surface area contributed by atoms with Gasteiger partial charge in [-0.3, -0.25) is 4.79 Å². The van der Waals surface area contributed by atoms with Crippen molar-refractivity contribution in [2.24, 2.45) is 0 Å². The number of ether oxygens (including phenoxy) is 3. The molecule has 2 aromatic rings. The maximum atomic E-state index is 12.1. The Bertz CT molecular complexity index is 847. The molecule has 0 spiro atoms.